The van der Waals surface area contributed by atoms with Gasteiger partial charge < -0.3 is 15.4 Å². The minimum atomic E-state index is -0.616. The quantitative estimate of drug-likeness (QED) is 0.740. The van der Waals surface area contributed by atoms with E-state index in [1.165, 1.54) is 12.1 Å². The smallest absolute Gasteiger partial charge is 0.123 e. The number of benzene rings is 1. The van der Waals surface area contributed by atoms with Crippen LogP contribution in [0.2, 0.25) is 0 Å². The second-order valence-corrected chi connectivity index (χ2v) is 3.92. The first-order valence-electron chi connectivity index (χ1n) is 5.51. The third-order valence-corrected chi connectivity index (χ3v) is 2.58. The summed E-state index contributed by atoms with van der Waals surface area (Å²) >= 11 is 0. The van der Waals surface area contributed by atoms with Crippen molar-refractivity contribution >= 4 is 0 Å². The van der Waals surface area contributed by atoms with Gasteiger partial charge in [0.15, 0.2) is 0 Å². The summed E-state index contributed by atoms with van der Waals surface area (Å²) in [4.78, 5) is 2.96. The summed E-state index contributed by atoms with van der Waals surface area (Å²) in [7, 11) is 0. The third-order valence-electron chi connectivity index (χ3n) is 2.58. The normalized spacial score (nSPS) is 12.6. The van der Waals surface area contributed by atoms with Crippen molar-refractivity contribution in [1.29, 1.82) is 0 Å². The number of nitrogens with one attached hydrogen (secondary N) is 2. The van der Waals surface area contributed by atoms with Crippen molar-refractivity contribution in [2.24, 2.45) is 0 Å². The molecule has 2 aromatic rings. The van der Waals surface area contributed by atoms with Gasteiger partial charge in [-0.2, -0.15) is 0 Å². The van der Waals surface area contributed by atoms with Gasteiger partial charge in [0.05, 0.1) is 6.10 Å². The highest BCUT2D eigenvalue weighted by Gasteiger charge is 2.06. The lowest BCUT2D eigenvalue weighted by molar-refractivity contribution is 0.174. The van der Waals surface area contributed by atoms with Crippen LogP contribution in [0.15, 0.2) is 42.7 Å². The van der Waals surface area contributed by atoms with E-state index in [1.54, 1.807) is 12.1 Å². The molecule has 1 unspecified atom stereocenters. The molecule has 0 radical (unpaired) electrons. The van der Waals surface area contributed by atoms with Crippen LogP contribution in [0.3, 0.4) is 0 Å². The molecule has 1 aromatic carbocycles. The highest BCUT2D eigenvalue weighted by atomic mass is 19.1. The lowest BCUT2D eigenvalue weighted by atomic mass is 10.1. The predicted molar refractivity (Wildman–Crippen MR) is 63.9 cm³/mol. The molecule has 0 aliphatic rings. The van der Waals surface area contributed by atoms with E-state index >= 15 is 0 Å². The van der Waals surface area contributed by atoms with E-state index in [-0.39, 0.29) is 5.82 Å². The van der Waals surface area contributed by atoms with E-state index in [1.807, 2.05) is 18.5 Å². The maximum atomic E-state index is 12.7. The molecule has 17 heavy (non-hydrogen) atoms. The summed E-state index contributed by atoms with van der Waals surface area (Å²) in [5.74, 6) is -0.291. The Morgan fingerprint density at radius 1 is 1.24 bits per heavy atom. The molecule has 1 atom stereocenters. The van der Waals surface area contributed by atoms with E-state index in [0.717, 1.165) is 5.56 Å². The summed E-state index contributed by atoms with van der Waals surface area (Å²) in [6.07, 6.45) is 3.14. The second kappa shape index (κ2) is 5.61. The van der Waals surface area contributed by atoms with Crippen molar-refractivity contribution in [3.8, 4) is 0 Å². The van der Waals surface area contributed by atoms with Crippen LogP contribution >= 0.6 is 0 Å². The van der Waals surface area contributed by atoms with Crippen molar-refractivity contribution in [3.05, 3.63) is 59.7 Å². The monoisotopic (exact) mass is 234 g/mol. The molecule has 0 saturated heterocycles. The molecule has 0 amide bonds. The van der Waals surface area contributed by atoms with Crippen molar-refractivity contribution in [3.63, 3.8) is 0 Å². The van der Waals surface area contributed by atoms with Crippen molar-refractivity contribution in [1.82, 2.24) is 10.3 Å². The fourth-order valence-electron chi connectivity index (χ4n) is 1.62. The highest BCUT2D eigenvalue weighted by Crippen LogP contribution is 2.12. The van der Waals surface area contributed by atoms with Gasteiger partial charge in [-0.25, -0.2) is 4.39 Å². The van der Waals surface area contributed by atoms with E-state index in [2.05, 4.69) is 10.3 Å². The van der Waals surface area contributed by atoms with Gasteiger partial charge in [-0.1, -0.05) is 12.1 Å². The molecular formula is C13H15FN2O. The Morgan fingerprint density at radius 2 is 2.00 bits per heavy atom. The van der Waals surface area contributed by atoms with E-state index in [4.69, 9.17) is 0 Å². The number of H-pyrrole nitrogens is 1. The van der Waals surface area contributed by atoms with E-state index < -0.39 is 6.10 Å². The first-order valence-corrected chi connectivity index (χ1v) is 5.51. The molecule has 0 aliphatic heterocycles. The Hall–Kier alpha value is -1.65. The minimum absolute atomic E-state index is 0.291. The maximum Gasteiger partial charge on any atom is 0.123 e. The van der Waals surface area contributed by atoms with Gasteiger partial charge in [0, 0.05) is 25.5 Å². The Bertz CT molecular complexity index is 439. The number of hydrogen-bond donors (Lipinski definition) is 3. The van der Waals surface area contributed by atoms with Gasteiger partial charge in [-0.15, -0.1) is 0 Å². The highest BCUT2D eigenvalue weighted by molar-refractivity contribution is 5.18. The van der Waals surface area contributed by atoms with Gasteiger partial charge in [0.25, 0.3) is 0 Å². The Morgan fingerprint density at radius 3 is 2.65 bits per heavy atom. The summed E-state index contributed by atoms with van der Waals surface area (Å²) in [6, 6.07) is 7.86. The number of aromatic amines is 1. The summed E-state index contributed by atoms with van der Waals surface area (Å²) in [6.45, 7) is 1.14. The zero-order valence-electron chi connectivity index (χ0n) is 9.36. The molecule has 3 N–H and O–H groups in total. The number of aliphatic hydroxyl groups excluding tert-OH is 1. The average Bonchev–Trinajstić information content (AvgIpc) is 2.83. The topological polar surface area (TPSA) is 48.0 Å². The molecule has 2 rings (SSSR count). The molecule has 0 spiro atoms. The molecule has 1 heterocycles. The van der Waals surface area contributed by atoms with Crippen LogP contribution in [0, 0.1) is 5.82 Å². The number of aromatic nitrogens is 1. The van der Waals surface area contributed by atoms with Crippen molar-refractivity contribution in [2.45, 2.75) is 12.6 Å². The van der Waals surface area contributed by atoms with Crippen molar-refractivity contribution in [2.75, 3.05) is 6.54 Å². The lowest BCUT2D eigenvalue weighted by Crippen LogP contribution is -2.20. The lowest BCUT2D eigenvalue weighted by Gasteiger charge is -2.11. The molecule has 0 fully saturated rings. The fourth-order valence-corrected chi connectivity index (χ4v) is 1.62. The Balaban J connectivity index is 1.81. The molecule has 3 nitrogen and oxygen atoms in total. The van der Waals surface area contributed by atoms with Crippen LogP contribution in [0.4, 0.5) is 4.39 Å². The first-order chi connectivity index (χ1) is 8.25. The second-order valence-electron chi connectivity index (χ2n) is 3.92. The summed E-state index contributed by atoms with van der Waals surface area (Å²) in [5.41, 5.74) is 1.85. The molecule has 1 aromatic heterocycles. The maximum absolute atomic E-state index is 12.7. The van der Waals surface area contributed by atoms with Crippen LogP contribution in [-0.2, 0) is 6.54 Å². The van der Waals surface area contributed by atoms with Crippen LogP contribution in [0.5, 0.6) is 0 Å². The van der Waals surface area contributed by atoms with Crippen LogP contribution < -0.4 is 5.32 Å². The molecular weight excluding hydrogens is 219 g/mol. The van der Waals surface area contributed by atoms with Gasteiger partial charge in [0.1, 0.15) is 5.82 Å². The SMILES string of the molecule is OC(CNCc1cc[nH]c1)c1ccc(F)cc1. The summed E-state index contributed by atoms with van der Waals surface area (Å²) < 4.78 is 12.7. The van der Waals surface area contributed by atoms with E-state index in [9.17, 15) is 9.50 Å². The van der Waals surface area contributed by atoms with Crippen LogP contribution in [0.25, 0.3) is 0 Å². The van der Waals surface area contributed by atoms with Crippen molar-refractivity contribution < 1.29 is 9.50 Å². The largest absolute Gasteiger partial charge is 0.387 e. The minimum Gasteiger partial charge on any atom is -0.387 e. The zero-order chi connectivity index (χ0) is 12.1. The summed E-state index contributed by atoms with van der Waals surface area (Å²) in [5, 5.41) is 13.0. The van der Waals surface area contributed by atoms with Gasteiger partial charge >= 0.3 is 0 Å². The molecule has 0 bridgehead atoms. The third kappa shape index (κ3) is 3.41. The molecule has 0 aliphatic carbocycles. The average molecular weight is 234 g/mol. The predicted octanol–water partition coefficient (Wildman–Crippen LogP) is 1.98. The van der Waals surface area contributed by atoms with Gasteiger partial charge in [-0.3, -0.25) is 0 Å². The standard InChI is InChI=1S/C13H15FN2O/c14-12-3-1-11(2-4-12)13(17)9-16-8-10-5-6-15-7-10/h1-7,13,15-17H,8-9H2. The number of aliphatic hydroxyl groups is 1. The fraction of sp³-hybridized carbons (Fsp3) is 0.231. The molecule has 90 valence electrons. The van der Waals surface area contributed by atoms with E-state index in [0.29, 0.717) is 18.7 Å². The first kappa shape index (κ1) is 11.8. The number of halogens is 1. The molecule has 4 heteroatoms. The molecule has 0 saturated carbocycles. The number of rotatable bonds is 5. The number of hydrogen-bond acceptors (Lipinski definition) is 2. The Labute approximate surface area is 99.3 Å². The van der Waals surface area contributed by atoms with Gasteiger partial charge in [0.2, 0.25) is 0 Å². The van der Waals surface area contributed by atoms with Crippen LogP contribution in [-0.4, -0.2) is 16.6 Å². The Kier molecular flexibility index (Phi) is 3.90. The zero-order valence-corrected chi connectivity index (χ0v) is 9.36. The van der Waals surface area contributed by atoms with Crippen LogP contribution in [0.1, 0.15) is 17.2 Å². The van der Waals surface area contributed by atoms with Gasteiger partial charge in [-0.05, 0) is 29.3 Å².